The standard InChI is InChI=1S/C17H14N4OS/c1-10-9-13(20-21(10)2)16(22)19-17-18-15-12-6-4-3-5-11(12)7-8-14(15)23-17/h3-9H,1-2H3,(H,18,19,22). The fourth-order valence-electron chi connectivity index (χ4n) is 2.55. The zero-order valence-corrected chi connectivity index (χ0v) is 13.5. The highest BCUT2D eigenvalue weighted by molar-refractivity contribution is 7.22. The molecule has 1 amide bonds. The van der Waals surface area contributed by atoms with E-state index >= 15 is 0 Å². The Morgan fingerprint density at radius 3 is 2.83 bits per heavy atom. The number of fused-ring (bicyclic) bond motifs is 3. The quantitative estimate of drug-likeness (QED) is 0.611. The molecule has 114 valence electrons. The molecule has 6 heteroatoms. The van der Waals surface area contributed by atoms with Gasteiger partial charge in [0.15, 0.2) is 10.8 Å². The second kappa shape index (κ2) is 5.17. The Balaban J connectivity index is 1.72. The van der Waals surface area contributed by atoms with Crippen molar-refractivity contribution in [2.75, 3.05) is 5.32 Å². The molecule has 4 rings (SSSR count). The van der Waals surface area contributed by atoms with E-state index in [0.717, 1.165) is 26.7 Å². The lowest BCUT2D eigenvalue weighted by Gasteiger charge is -1.97. The number of aromatic nitrogens is 3. The summed E-state index contributed by atoms with van der Waals surface area (Å²) in [6, 6.07) is 14.0. The van der Waals surface area contributed by atoms with E-state index in [1.807, 2.05) is 38.2 Å². The van der Waals surface area contributed by atoms with E-state index in [1.54, 1.807) is 10.7 Å². The molecule has 5 nitrogen and oxygen atoms in total. The van der Waals surface area contributed by atoms with Gasteiger partial charge in [0.1, 0.15) is 0 Å². The molecular formula is C17H14N4OS. The van der Waals surface area contributed by atoms with Gasteiger partial charge in [0.25, 0.3) is 5.91 Å². The lowest BCUT2D eigenvalue weighted by Crippen LogP contribution is -2.12. The predicted octanol–water partition coefficient (Wildman–Crippen LogP) is 3.74. The van der Waals surface area contributed by atoms with Gasteiger partial charge in [-0.1, -0.05) is 41.7 Å². The van der Waals surface area contributed by atoms with Crippen LogP contribution in [0.5, 0.6) is 0 Å². The smallest absolute Gasteiger partial charge is 0.277 e. The minimum Gasteiger partial charge on any atom is -0.296 e. The number of rotatable bonds is 2. The first-order valence-electron chi connectivity index (χ1n) is 7.22. The van der Waals surface area contributed by atoms with E-state index in [-0.39, 0.29) is 5.91 Å². The number of carbonyl (C=O) groups excluding carboxylic acids is 1. The molecule has 0 aliphatic carbocycles. The average molecular weight is 322 g/mol. The number of anilines is 1. The van der Waals surface area contributed by atoms with Crippen LogP contribution in [0.15, 0.2) is 42.5 Å². The van der Waals surface area contributed by atoms with E-state index in [1.165, 1.54) is 11.3 Å². The first-order valence-corrected chi connectivity index (χ1v) is 8.04. The topological polar surface area (TPSA) is 59.8 Å². The van der Waals surface area contributed by atoms with Gasteiger partial charge in [-0.15, -0.1) is 0 Å². The molecule has 0 aliphatic rings. The van der Waals surface area contributed by atoms with Crippen molar-refractivity contribution in [3.05, 3.63) is 53.9 Å². The van der Waals surface area contributed by atoms with Crippen LogP contribution in [0, 0.1) is 6.92 Å². The van der Waals surface area contributed by atoms with Crippen molar-refractivity contribution in [1.29, 1.82) is 0 Å². The van der Waals surface area contributed by atoms with Crippen LogP contribution in [-0.4, -0.2) is 20.7 Å². The van der Waals surface area contributed by atoms with Gasteiger partial charge in [0.05, 0.1) is 10.2 Å². The Bertz CT molecular complexity index is 1030. The van der Waals surface area contributed by atoms with E-state index in [2.05, 4.69) is 27.5 Å². The van der Waals surface area contributed by atoms with Gasteiger partial charge >= 0.3 is 0 Å². The fourth-order valence-corrected chi connectivity index (χ4v) is 3.42. The van der Waals surface area contributed by atoms with Crippen LogP contribution in [0.2, 0.25) is 0 Å². The lowest BCUT2D eigenvalue weighted by atomic mass is 10.1. The molecule has 23 heavy (non-hydrogen) atoms. The molecule has 0 fully saturated rings. The summed E-state index contributed by atoms with van der Waals surface area (Å²) in [5, 5.41) is 9.86. The number of aryl methyl sites for hydroxylation is 2. The molecular weight excluding hydrogens is 308 g/mol. The van der Waals surface area contributed by atoms with Gasteiger partial charge in [0, 0.05) is 18.1 Å². The van der Waals surface area contributed by atoms with Crippen molar-refractivity contribution in [2.45, 2.75) is 6.92 Å². The van der Waals surface area contributed by atoms with Crippen molar-refractivity contribution in [2.24, 2.45) is 7.05 Å². The first-order chi connectivity index (χ1) is 11.1. The molecule has 2 heterocycles. The third-order valence-electron chi connectivity index (χ3n) is 3.85. The molecule has 0 atom stereocenters. The largest absolute Gasteiger partial charge is 0.296 e. The molecule has 0 saturated heterocycles. The van der Waals surface area contributed by atoms with E-state index in [4.69, 9.17) is 0 Å². The minimum atomic E-state index is -0.239. The van der Waals surface area contributed by atoms with E-state index in [0.29, 0.717) is 10.8 Å². The number of amides is 1. The van der Waals surface area contributed by atoms with Crippen LogP contribution >= 0.6 is 11.3 Å². The van der Waals surface area contributed by atoms with Crippen LogP contribution in [-0.2, 0) is 7.05 Å². The Morgan fingerprint density at radius 1 is 1.22 bits per heavy atom. The molecule has 0 bridgehead atoms. The van der Waals surface area contributed by atoms with Gasteiger partial charge in [-0.3, -0.25) is 14.8 Å². The number of thiazole rings is 1. The molecule has 2 aromatic carbocycles. The highest BCUT2D eigenvalue weighted by Crippen LogP contribution is 2.31. The van der Waals surface area contributed by atoms with Crippen molar-refractivity contribution in [3.8, 4) is 0 Å². The van der Waals surface area contributed by atoms with Gasteiger partial charge in [-0.2, -0.15) is 5.10 Å². The van der Waals surface area contributed by atoms with Gasteiger partial charge < -0.3 is 0 Å². The molecule has 0 unspecified atom stereocenters. The first kappa shape index (κ1) is 13.9. The molecule has 0 saturated carbocycles. The predicted molar refractivity (Wildman–Crippen MR) is 93.0 cm³/mol. The van der Waals surface area contributed by atoms with Crippen LogP contribution < -0.4 is 5.32 Å². The van der Waals surface area contributed by atoms with E-state index < -0.39 is 0 Å². The third-order valence-corrected chi connectivity index (χ3v) is 4.79. The summed E-state index contributed by atoms with van der Waals surface area (Å²) in [7, 11) is 1.82. The number of nitrogens with zero attached hydrogens (tertiary/aromatic N) is 3. The van der Waals surface area contributed by atoms with Gasteiger partial charge in [-0.25, -0.2) is 4.98 Å². The summed E-state index contributed by atoms with van der Waals surface area (Å²) in [4.78, 5) is 16.9. The second-order valence-electron chi connectivity index (χ2n) is 5.40. The summed E-state index contributed by atoms with van der Waals surface area (Å²) in [5.74, 6) is -0.239. The molecule has 0 spiro atoms. The fraction of sp³-hybridized carbons (Fsp3) is 0.118. The van der Waals surface area contributed by atoms with Crippen LogP contribution in [0.3, 0.4) is 0 Å². The van der Waals surface area contributed by atoms with Gasteiger partial charge in [-0.05, 0) is 24.4 Å². The number of nitrogens with one attached hydrogen (secondary N) is 1. The Morgan fingerprint density at radius 2 is 2.04 bits per heavy atom. The highest BCUT2D eigenvalue weighted by Gasteiger charge is 2.14. The van der Waals surface area contributed by atoms with Crippen LogP contribution in [0.1, 0.15) is 16.2 Å². The monoisotopic (exact) mass is 322 g/mol. The number of hydrogen-bond acceptors (Lipinski definition) is 4. The maximum atomic E-state index is 12.3. The maximum Gasteiger partial charge on any atom is 0.277 e. The van der Waals surface area contributed by atoms with Crippen LogP contribution in [0.4, 0.5) is 5.13 Å². The molecule has 1 N–H and O–H groups in total. The Kier molecular flexibility index (Phi) is 3.12. The summed E-state index contributed by atoms with van der Waals surface area (Å²) in [6.45, 7) is 1.91. The second-order valence-corrected chi connectivity index (χ2v) is 6.43. The van der Waals surface area contributed by atoms with Crippen molar-refractivity contribution in [1.82, 2.24) is 14.8 Å². The average Bonchev–Trinajstić information content (AvgIpc) is 3.11. The third kappa shape index (κ3) is 2.37. The molecule has 0 aliphatic heterocycles. The lowest BCUT2D eigenvalue weighted by molar-refractivity contribution is 0.102. The van der Waals surface area contributed by atoms with Gasteiger partial charge in [0.2, 0.25) is 0 Å². The van der Waals surface area contributed by atoms with Crippen LogP contribution in [0.25, 0.3) is 21.0 Å². The zero-order chi connectivity index (χ0) is 16.0. The zero-order valence-electron chi connectivity index (χ0n) is 12.7. The number of hydrogen-bond donors (Lipinski definition) is 1. The number of carbonyl (C=O) groups is 1. The summed E-state index contributed by atoms with van der Waals surface area (Å²) in [6.07, 6.45) is 0. The van der Waals surface area contributed by atoms with Crippen molar-refractivity contribution >= 4 is 43.4 Å². The maximum absolute atomic E-state index is 12.3. The molecule has 2 aromatic heterocycles. The van der Waals surface area contributed by atoms with Crippen molar-refractivity contribution < 1.29 is 4.79 Å². The van der Waals surface area contributed by atoms with Crippen molar-refractivity contribution in [3.63, 3.8) is 0 Å². The minimum absolute atomic E-state index is 0.239. The normalized spacial score (nSPS) is 11.2. The molecule has 0 radical (unpaired) electrons. The number of benzene rings is 2. The Labute approximate surface area is 136 Å². The summed E-state index contributed by atoms with van der Waals surface area (Å²) >= 11 is 1.47. The highest BCUT2D eigenvalue weighted by atomic mass is 32.1. The van der Waals surface area contributed by atoms with E-state index in [9.17, 15) is 4.79 Å². The SMILES string of the molecule is Cc1cc(C(=O)Nc2nc3c(ccc4ccccc43)s2)nn1C. The molecule has 4 aromatic rings. The Hall–Kier alpha value is -2.73. The summed E-state index contributed by atoms with van der Waals surface area (Å²) < 4.78 is 2.73. The summed E-state index contributed by atoms with van der Waals surface area (Å²) in [5.41, 5.74) is 2.25.